The van der Waals surface area contributed by atoms with Crippen molar-refractivity contribution in [3.8, 4) is 0 Å². The molecule has 1 N–H and O–H groups in total. The smallest absolute Gasteiger partial charge is 0.335 e. The van der Waals surface area contributed by atoms with E-state index in [-0.39, 0.29) is 23.7 Å². The lowest BCUT2D eigenvalue weighted by molar-refractivity contribution is -0.141. The van der Waals surface area contributed by atoms with Crippen molar-refractivity contribution in [2.24, 2.45) is 0 Å². The molecule has 0 fully saturated rings. The summed E-state index contributed by atoms with van der Waals surface area (Å²) in [6.45, 7) is 2.87. The van der Waals surface area contributed by atoms with Crippen LogP contribution in [0.5, 0.6) is 0 Å². The van der Waals surface area contributed by atoms with E-state index in [4.69, 9.17) is 14.6 Å². The first-order chi connectivity index (χ1) is 10.0. The lowest BCUT2D eigenvalue weighted by Crippen LogP contribution is -2.17. The standard InChI is InChI=1S/C14H18O6S/c1-2-19-7-8-20-13(15)10-21(18)9-11-3-5-12(6-4-11)14(16)17/h3-6H,2,7-10H2,1H3,(H,16,17). The van der Waals surface area contributed by atoms with E-state index in [1.54, 1.807) is 12.1 Å². The molecule has 21 heavy (non-hydrogen) atoms. The number of carbonyl (C=O) groups is 2. The van der Waals surface area contributed by atoms with Crippen LogP contribution in [-0.2, 0) is 30.8 Å². The largest absolute Gasteiger partial charge is 0.478 e. The van der Waals surface area contributed by atoms with Crippen LogP contribution in [0, 0.1) is 0 Å². The highest BCUT2D eigenvalue weighted by atomic mass is 32.2. The number of hydrogen-bond acceptors (Lipinski definition) is 5. The van der Waals surface area contributed by atoms with Crippen molar-refractivity contribution in [2.75, 3.05) is 25.6 Å². The van der Waals surface area contributed by atoms with Gasteiger partial charge in [0.25, 0.3) is 0 Å². The number of carboxylic acid groups (broad SMARTS) is 1. The fourth-order valence-corrected chi connectivity index (χ4v) is 2.52. The Labute approximate surface area is 125 Å². The molecule has 1 atom stereocenters. The molecule has 0 amide bonds. The number of carbonyl (C=O) groups excluding carboxylic acids is 1. The summed E-state index contributed by atoms with van der Waals surface area (Å²) in [7, 11) is -1.39. The van der Waals surface area contributed by atoms with Crippen LogP contribution in [0.1, 0.15) is 22.8 Å². The quantitative estimate of drug-likeness (QED) is 0.544. The number of esters is 1. The number of hydrogen-bond donors (Lipinski definition) is 1. The van der Waals surface area contributed by atoms with Gasteiger partial charge in [-0.3, -0.25) is 9.00 Å². The maximum Gasteiger partial charge on any atom is 0.335 e. The predicted molar refractivity (Wildman–Crippen MR) is 77.6 cm³/mol. The van der Waals surface area contributed by atoms with E-state index < -0.39 is 22.7 Å². The van der Waals surface area contributed by atoms with E-state index in [1.807, 2.05) is 6.92 Å². The van der Waals surface area contributed by atoms with E-state index in [0.29, 0.717) is 18.8 Å². The molecule has 0 aliphatic carbocycles. The van der Waals surface area contributed by atoms with Crippen molar-refractivity contribution in [1.29, 1.82) is 0 Å². The van der Waals surface area contributed by atoms with Gasteiger partial charge in [-0.25, -0.2) is 4.79 Å². The van der Waals surface area contributed by atoms with Crippen molar-refractivity contribution in [2.45, 2.75) is 12.7 Å². The number of rotatable bonds is 9. The zero-order chi connectivity index (χ0) is 15.7. The highest BCUT2D eigenvalue weighted by molar-refractivity contribution is 7.84. The lowest BCUT2D eigenvalue weighted by Gasteiger charge is -2.05. The van der Waals surface area contributed by atoms with Gasteiger partial charge in [-0.15, -0.1) is 0 Å². The molecular weight excluding hydrogens is 296 g/mol. The number of ether oxygens (including phenoxy) is 2. The second-order valence-electron chi connectivity index (χ2n) is 4.15. The van der Waals surface area contributed by atoms with Gasteiger partial charge in [0.2, 0.25) is 0 Å². The summed E-state index contributed by atoms with van der Waals surface area (Å²) in [4.78, 5) is 22.1. The Kier molecular flexibility index (Phi) is 7.63. The highest BCUT2D eigenvalue weighted by Crippen LogP contribution is 2.07. The third kappa shape index (κ3) is 7.01. The minimum absolute atomic E-state index is 0.150. The average molecular weight is 314 g/mol. The predicted octanol–water partition coefficient (Wildman–Crippen LogP) is 1.21. The Bertz CT molecular complexity index is 497. The Morgan fingerprint density at radius 2 is 1.86 bits per heavy atom. The molecule has 0 saturated heterocycles. The average Bonchev–Trinajstić information content (AvgIpc) is 2.44. The molecule has 1 rings (SSSR count). The molecule has 1 aromatic rings. The number of benzene rings is 1. The first-order valence-corrected chi connectivity index (χ1v) is 7.92. The Balaban J connectivity index is 2.35. The molecule has 6 nitrogen and oxygen atoms in total. The maximum absolute atomic E-state index is 11.8. The molecule has 116 valence electrons. The van der Waals surface area contributed by atoms with Crippen LogP contribution in [0.25, 0.3) is 0 Å². The zero-order valence-corrected chi connectivity index (χ0v) is 12.6. The summed E-state index contributed by atoms with van der Waals surface area (Å²) in [6.07, 6.45) is 0. The van der Waals surface area contributed by atoms with E-state index in [1.165, 1.54) is 12.1 Å². The Hall–Kier alpha value is -1.73. The fraction of sp³-hybridized carbons (Fsp3) is 0.429. The maximum atomic E-state index is 11.8. The molecule has 1 aromatic carbocycles. The summed E-state index contributed by atoms with van der Waals surface area (Å²) in [5.74, 6) is -1.55. The van der Waals surface area contributed by atoms with E-state index in [2.05, 4.69) is 0 Å². The van der Waals surface area contributed by atoms with Gasteiger partial charge in [-0.05, 0) is 24.6 Å². The number of aromatic carboxylic acids is 1. The first-order valence-electron chi connectivity index (χ1n) is 6.43. The van der Waals surface area contributed by atoms with Gasteiger partial charge in [0.1, 0.15) is 12.4 Å². The third-order valence-corrected chi connectivity index (χ3v) is 3.72. The molecule has 0 heterocycles. The monoisotopic (exact) mass is 314 g/mol. The Morgan fingerprint density at radius 1 is 1.19 bits per heavy atom. The first kappa shape index (κ1) is 17.3. The molecule has 0 aliphatic heterocycles. The van der Waals surface area contributed by atoms with E-state index >= 15 is 0 Å². The summed E-state index contributed by atoms with van der Waals surface area (Å²) < 4.78 is 21.7. The zero-order valence-electron chi connectivity index (χ0n) is 11.7. The molecule has 1 unspecified atom stereocenters. The summed E-state index contributed by atoms with van der Waals surface area (Å²) in [5.41, 5.74) is 0.875. The Morgan fingerprint density at radius 3 is 2.43 bits per heavy atom. The van der Waals surface area contributed by atoms with Crippen molar-refractivity contribution in [3.05, 3.63) is 35.4 Å². The van der Waals surface area contributed by atoms with Crippen molar-refractivity contribution < 1.29 is 28.4 Å². The van der Waals surface area contributed by atoms with Crippen molar-refractivity contribution in [1.82, 2.24) is 0 Å². The summed E-state index contributed by atoms with van der Waals surface area (Å²) >= 11 is 0. The fourth-order valence-electron chi connectivity index (χ4n) is 1.51. The molecule has 0 radical (unpaired) electrons. The van der Waals surface area contributed by atoms with Crippen molar-refractivity contribution >= 4 is 22.7 Å². The third-order valence-electron chi connectivity index (χ3n) is 2.50. The van der Waals surface area contributed by atoms with E-state index in [0.717, 1.165) is 0 Å². The second-order valence-corrected chi connectivity index (χ2v) is 5.60. The van der Waals surface area contributed by atoms with E-state index in [9.17, 15) is 13.8 Å². The van der Waals surface area contributed by atoms with Gasteiger partial charge in [-0.2, -0.15) is 0 Å². The van der Waals surface area contributed by atoms with Crippen LogP contribution in [0.3, 0.4) is 0 Å². The van der Waals surface area contributed by atoms with Crippen LogP contribution in [0.15, 0.2) is 24.3 Å². The summed E-state index contributed by atoms with van der Waals surface area (Å²) in [6, 6.07) is 6.05. The van der Waals surface area contributed by atoms with Gasteiger partial charge < -0.3 is 14.6 Å². The minimum Gasteiger partial charge on any atom is -0.478 e. The molecule has 7 heteroatoms. The molecule has 0 saturated carbocycles. The van der Waals surface area contributed by atoms with Gasteiger partial charge >= 0.3 is 11.9 Å². The van der Waals surface area contributed by atoms with Crippen LogP contribution >= 0.6 is 0 Å². The number of carboxylic acids is 1. The lowest BCUT2D eigenvalue weighted by atomic mass is 10.1. The second kappa shape index (κ2) is 9.25. The van der Waals surface area contributed by atoms with Gasteiger partial charge in [-0.1, -0.05) is 12.1 Å². The normalized spacial score (nSPS) is 11.9. The molecule has 0 aliphatic rings. The van der Waals surface area contributed by atoms with Crippen LogP contribution < -0.4 is 0 Å². The van der Waals surface area contributed by atoms with Gasteiger partial charge in [0.15, 0.2) is 0 Å². The SMILES string of the molecule is CCOCCOC(=O)CS(=O)Cc1ccc(C(=O)O)cc1. The summed E-state index contributed by atoms with van der Waals surface area (Å²) in [5, 5.41) is 8.77. The topological polar surface area (TPSA) is 89.9 Å². The highest BCUT2D eigenvalue weighted by Gasteiger charge is 2.10. The minimum atomic E-state index is -1.39. The van der Waals surface area contributed by atoms with Gasteiger partial charge in [0, 0.05) is 23.2 Å². The van der Waals surface area contributed by atoms with Crippen LogP contribution in [0.4, 0.5) is 0 Å². The molecule has 0 spiro atoms. The molecular formula is C14H18O6S. The van der Waals surface area contributed by atoms with Crippen LogP contribution in [0.2, 0.25) is 0 Å². The molecule has 0 bridgehead atoms. The van der Waals surface area contributed by atoms with Crippen LogP contribution in [-0.4, -0.2) is 46.8 Å². The van der Waals surface area contributed by atoms with Crippen molar-refractivity contribution in [3.63, 3.8) is 0 Å². The molecule has 0 aromatic heterocycles. The van der Waals surface area contributed by atoms with Gasteiger partial charge in [0.05, 0.1) is 12.2 Å².